The first-order chi connectivity index (χ1) is 10.0. The number of hydrogen-bond acceptors (Lipinski definition) is 3. The zero-order valence-corrected chi connectivity index (χ0v) is 11.3. The molecular formula is C14H15F3N4. The number of anilines is 2. The Kier molecular flexibility index (Phi) is 3.57. The smallest absolute Gasteiger partial charge is 0.324 e. The molecule has 0 aromatic carbocycles. The minimum absolute atomic E-state index is 0.414. The maximum Gasteiger partial charge on any atom is 0.433 e. The van der Waals surface area contributed by atoms with E-state index in [1.54, 1.807) is 6.20 Å². The second-order valence-corrected chi connectivity index (χ2v) is 5.15. The molecule has 2 aromatic heterocycles. The van der Waals surface area contributed by atoms with Gasteiger partial charge in [0, 0.05) is 18.4 Å². The van der Waals surface area contributed by atoms with Gasteiger partial charge >= 0.3 is 6.18 Å². The Morgan fingerprint density at radius 2 is 1.90 bits per heavy atom. The molecule has 0 saturated heterocycles. The fourth-order valence-corrected chi connectivity index (χ4v) is 2.65. The van der Waals surface area contributed by atoms with E-state index in [1.165, 1.54) is 25.1 Å². The number of halogens is 3. The largest absolute Gasteiger partial charge is 0.433 e. The minimum atomic E-state index is -4.42. The second-order valence-electron chi connectivity index (χ2n) is 5.15. The predicted molar refractivity (Wildman–Crippen MR) is 72.3 cm³/mol. The summed E-state index contributed by atoms with van der Waals surface area (Å²) in [6.45, 7) is 0. The predicted octanol–water partition coefficient (Wildman–Crippen LogP) is 4.16. The van der Waals surface area contributed by atoms with Gasteiger partial charge in [-0.1, -0.05) is 12.8 Å². The van der Waals surface area contributed by atoms with Gasteiger partial charge < -0.3 is 9.88 Å². The molecule has 1 fully saturated rings. The lowest BCUT2D eigenvalue weighted by molar-refractivity contribution is -0.141. The Balaban J connectivity index is 1.76. The Hall–Kier alpha value is -2.05. The van der Waals surface area contributed by atoms with Crippen LogP contribution in [0, 0.1) is 0 Å². The van der Waals surface area contributed by atoms with Crippen LogP contribution in [0.15, 0.2) is 30.7 Å². The minimum Gasteiger partial charge on any atom is -0.324 e. The van der Waals surface area contributed by atoms with Crippen LogP contribution in [0.3, 0.4) is 0 Å². The van der Waals surface area contributed by atoms with Crippen molar-refractivity contribution in [1.29, 1.82) is 0 Å². The van der Waals surface area contributed by atoms with E-state index in [9.17, 15) is 13.2 Å². The van der Waals surface area contributed by atoms with Crippen LogP contribution >= 0.6 is 0 Å². The molecule has 0 unspecified atom stereocenters. The van der Waals surface area contributed by atoms with E-state index >= 15 is 0 Å². The SMILES string of the molecule is FC(F)(F)c1ccc(Nc2nccn2C2CCCC2)cn1. The van der Waals surface area contributed by atoms with E-state index in [2.05, 4.69) is 15.3 Å². The monoisotopic (exact) mass is 296 g/mol. The molecule has 3 rings (SSSR count). The van der Waals surface area contributed by atoms with Crippen molar-refractivity contribution in [2.75, 3.05) is 5.32 Å². The third-order valence-electron chi connectivity index (χ3n) is 3.70. The van der Waals surface area contributed by atoms with Crippen molar-refractivity contribution in [2.24, 2.45) is 0 Å². The molecule has 7 heteroatoms. The first-order valence-corrected chi connectivity index (χ1v) is 6.87. The Labute approximate surface area is 120 Å². The van der Waals surface area contributed by atoms with Gasteiger partial charge in [0.25, 0.3) is 0 Å². The van der Waals surface area contributed by atoms with Gasteiger partial charge in [0.2, 0.25) is 5.95 Å². The van der Waals surface area contributed by atoms with Crippen LogP contribution in [0.2, 0.25) is 0 Å². The topological polar surface area (TPSA) is 42.7 Å². The summed E-state index contributed by atoms with van der Waals surface area (Å²) in [4.78, 5) is 7.66. The van der Waals surface area contributed by atoms with E-state index in [0.717, 1.165) is 18.9 Å². The summed E-state index contributed by atoms with van der Waals surface area (Å²) in [5, 5.41) is 3.03. The first-order valence-electron chi connectivity index (χ1n) is 6.87. The molecule has 0 amide bonds. The number of imidazole rings is 1. The van der Waals surface area contributed by atoms with Gasteiger partial charge in [-0.15, -0.1) is 0 Å². The number of nitrogens with one attached hydrogen (secondary N) is 1. The summed E-state index contributed by atoms with van der Waals surface area (Å²) >= 11 is 0. The summed E-state index contributed by atoms with van der Waals surface area (Å²) in [5.41, 5.74) is -0.402. The number of aromatic nitrogens is 3. The van der Waals surface area contributed by atoms with E-state index < -0.39 is 11.9 Å². The molecule has 1 aliphatic carbocycles. The van der Waals surface area contributed by atoms with Crippen LogP contribution in [-0.2, 0) is 6.18 Å². The van der Waals surface area contributed by atoms with E-state index in [0.29, 0.717) is 17.7 Å². The molecule has 0 bridgehead atoms. The number of nitrogens with zero attached hydrogens (tertiary/aromatic N) is 3. The van der Waals surface area contributed by atoms with Gasteiger partial charge in [-0.2, -0.15) is 13.2 Å². The van der Waals surface area contributed by atoms with E-state index in [-0.39, 0.29) is 0 Å². The molecule has 2 aromatic rings. The molecular weight excluding hydrogens is 281 g/mol. The Morgan fingerprint density at radius 3 is 2.52 bits per heavy atom. The Bertz CT molecular complexity index is 597. The van der Waals surface area contributed by atoms with Crippen LogP contribution < -0.4 is 5.32 Å². The van der Waals surface area contributed by atoms with Crippen molar-refractivity contribution >= 4 is 11.6 Å². The summed E-state index contributed by atoms with van der Waals surface area (Å²) in [6.07, 6.45) is 4.96. The molecule has 112 valence electrons. The zero-order chi connectivity index (χ0) is 14.9. The van der Waals surface area contributed by atoms with Gasteiger partial charge in [0.05, 0.1) is 11.9 Å². The number of hydrogen-bond donors (Lipinski definition) is 1. The van der Waals surface area contributed by atoms with Crippen LogP contribution in [0.1, 0.15) is 37.4 Å². The average molecular weight is 296 g/mol. The van der Waals surface area contributed by atoms with Gasteiger partial charge in [-0.3, -0.25) is 0 Å². The molecule has 4 nitrogen and oxygen atoms in total. The van der Waals surface area contributed by atoms with Crippen molar-refractivity contribution < 1.29 is 13.2 Å². The lowest BCUT2D eigenvalue weighted by Gasteiger charge is -2.15. The molecule has 1 N–H and O–H groups in total. The van der Waals surface area contributed by atoms with Crippen LogP contribution in [0.5, 0.6) is 0 Å². The van der Waals surface area contributed by atoms with Gasteiger partial charge in [-0.25, -0.2) is 9.97 Å². The summed E-state index contributed by atoms with van der Waals surface area (Å²) in [6, 6.07) is 2.74. The lowest BCUT2D eigenvalue weighted by atomic mass is 10.2. The van der Waals surface area contributed by atoms with Crippen LogP contribution in [-0.4, -0.2) is 14.5 Å². The highest BCUT2D eigenvalue weighted by Gasteiger charge is 2.32. The second kappa shape index (κ2) is 5.38. The fraction of sp³-hybridized carbons (Fsp3) is 0.429. The number of pyridine rings is 1. The van der Waals surface area contributed by atoms with Crippen molar-refractivity contribution in [1.82, 2.24) is 14.5 Å². The summed E-state index contributed by atoms with van der Waals surface area (Å²) < 4.78 is 39.4. The normalized spacial score (nSPS) is 16.3. The molecule has 1 aliphatic rings. The maximum atomic E-state index is 12.5. The molecule has 21 heavy (non-hydrogen) atoms. The van der Waals surface area contributed by atoms with Crippen molar-refractivity contribution in [3.8, 4) is 0 Å². The Morgan fingerprint density at radius 1 is 1.14 bits per heavy atom. The highest BCUT2D eigenvalue weighted by Crippen LogP contribution is 2.32. The molecule has 0 atom stereocenters. The van der Waals surface area contributed by atoms with Crippen LogP contribution in [0.25, 0.3) is 0 Å². The van der Waals surface area contributed by atoms with Gasteiger partial charge in [-0.05, 0) is 25.0 Å². The fourth-order valence-electron chi connectivity index (χ4n) is 2.65. The average Bonchev–Trinajstić information content (AvgIpc) is 3.08. The van der Waals surface area contributed by atoms with Gasteiger partial charge in [0.15, 0.2) is 0 Å². The summed E-state index contributed by atoms with van der Waals surface area (Å²) in [7, 11) is 0. The third kappa shape index (κ3) is 3.01. The standard InChI is InChI=1S/C14H15F3N4/c15-14(16,17)12-6-5-10(9-19-12)20-13-18-7-8-21(13)11-3-1-2-4-11/h5-9,11H,1-4H2,(H,18,20). The summed E-state index contributed by atoms with van der Waals surface area (Å²) in [5.74, 6) is 0.642. The zero-order valence-electron chi connectivity index (χ0n) is 11.3. The lowest BCUT2D eigenvalue weighted by Crippen LogP contribution is -2.09. The quantitative estimate of drug-likeness (QED) is 0.925. The number of alkyl halides is 3. The van der Waals surface area contributed by atoms with Crippen LogP contribution in [0.4, 0.5) is 24.8 Å². The molecule has 0 spiro atoms. The van der Waals surface area contributed by atoms with E-state index in [4.69, 9.17) is 0 Å². The number of rotatable bonds is 3. The van der Waals surface area contributed by atoms with Crippen molar-refractivity contribution in [3.05, 3.63) is 36.4 Å². The maximum absolute atomic E-state index is 12.5. The molecule has 0 aliphatic heterocycles. The first kappa shape index (κ1) is 13.9. The van der Waals surface area contributed by atoms with Gasteiger partial charge in [0.1, 0.15) is 5.69 Å². The van der Waals surface area contributed by atoms with Crippen molar-refractivity contribution in [2.45, 2.75) is 37.9 Å². The third-order valence-corrected chi connectivity index (χ3v) is 3.70. The van der Waals surface area contributed by atoms with Crippen molar-refractivity contribution in [3.63, 3.8) is 0 Å². The molecule has 1 saturated carbocycles. The molecule has 0 radical (unpaired) electrons. The van der Waals surface area contributed by atoms with E-state index in [1.807, 2.05) is 10.8 Å². The molecule has 2 heterocycles. The highest BCUT2D eigenvalue weighted by molar-refractivity contribution is 5.52. The highest BCUT2D eigenvalue weighted by atomic mass is 19.4.